The van der Waals surface area contributed by atoms with Crippen molar-refractivity contribution < 1.29 is 20.1 Å². The Morgan fingerprint density at radius 1 is 1.08 bits per heavy atom. The molecule has 2 heterocycles. The Morgan fingerprint density at radius 3 is 2.38 bits per heavy atom. The fourth-order valence-corrected chi connectivity index (χ4v) is 3.80. The van der Waals surface area contributed by atoms with Gasteiger partial charge in [-0.15, -0.1) is 0 Å². The molecule has 3 rings (SSSR count). The molecule has 1 aliphatic carbocycles. The number of rotatable bonds is 0. The minimum Gasteiger partial charge on any atom is -0.390 e. The Hall–Kier alpha value is -0.680. The predicted molar refractivity (Wildman–Crippen MR) is 95.7 cm³/mol. The van der Waals surface area contributed by atoms with Crippen LogP contribution in [-0.2, 0) is 4.74 Å². The summed E-state index contributed by atoms with van der Waals surface area (Å²) in [6.07, 6.45) is 6.57. The zero-order valence-electron chi connectivity index (χ0n) is 15.8. The molecule has 24 heavy (non-hydrogen) atoms. The van der Waals surface area contributed by atoms with Gasteiger partial charge in [0.1, 0.15) is 6.10 Å². The molecule has 1 saturated heterocycles. The molecule has 4 nitrogen and oxygen atoms in total. The maximum atomic E-state index is 10.7. The second-order valence-electron chi connectivity index (χ2n) is 8.56. The SMILES string of the molecule is C/C1=C\CC[C@@](C)(O)[C@H](O)/C=C2\CC[C@@](C)(OC2(C)C)[C@H](O)CC1. The number of hydrogen-bond acceptors (Lipinski definition) is 4. The van der Waals surface area contributed by atoms with Crippen LogP contribution in [0.5, 0.6) is 0 Å². The maximum Gasteiger partial charge on any atom is 0.101 e. The largest absolute Gasteiger partial charge is 0.390 e. The van der Waals surface area contributed by atoms with Gasteiger partial charge in [0.15, 0.2) is 0 Å². The van der Waals surface area contributed by atoms with Crippen molar-refractivity contribution >= 4 is 0 Å². The molecule has 3 N–H and O–H groups in total. The van der Waals surface area contributed by atoms with Crippen LogP contribution >= 0.6 is 0 Å². The van der Waals surface area contributed by atoms with Crippen LogP contribution in [0.15, 0.2) is 23.3 Å². The highest BCUT2D eigenvalue weighted by Gasteiger charge is 2.45. The normalized spacial score (nSPS) is 45.7. The van der Waals surface area contributed by atoms with Gasteiger partial charge in [-0.2, -0.15) is 0 Å². The third-order valence-electron chi connectivity index (χ3n) is 5.81. The Morgan fingerprint density at radius 2 is 1.75 bits per heavy atom. The number of hydrogen-bond donors (Lipinski definition) is 3. The van der Waals surface area contributed by atoms with E-state index < -0.39 is 29.0 Å². The lowest BCUT2D eigenvalue weighted by Crippen LogP contribution is -2.52. The van der Waals surface area contributed by atoms with Gasteiger partial charge in [-0.05, 0) is 78.7 Å². The van der Waals surface area contributed by atoms with Crippen molar-refractivity contribution in [2.24, 2.45) is 0 Å². The number of aliphatic hydroxyl groups is 3. The average Bonchev–Trinajstić information content (AvgIpc) is 2.45. The van der Waals surface area contributed by atoms with E-state index in [-0.39, 0.29) is 0 Å². The highest BCUT2D eigenvalue weighted by Crippen LogP contribution is 2.42. The molecule has 0 amide bonds. The van der Waals surface area contributed by atoms with Gasteiger partial charge in [-0.25, -0.2) is 0 Å². The summed E-state index contributed by atoms with van der Waals surface area (Å²) in [7, 11) is 0. The molecule has 0 unspecified atom stereocenters. The first-order valence-electron chi connectivity index (χ1n) is 9.12. The third kappa shape index (κ3) is 4.29. The van der Waals surface area contributed by atoms with Crippen LogP contribution in [-0.4, -0.2) is 44.3 Å². The number of ether oxygens (including phenoxy) is 1. The van der Waals surface area contributed by atoms with Crippen molar-refractivity contribution in [2.75, 3.05) is 0 Å². The van der Waals surface area contributed by atoms with Crippen molar-refractivity contribution in [3.63, 3.8) is 0 Å². The molecule has 0 aromatic rings. The smallest absolute Gasteiger partial charge is 0.101 e. The molecule has 1 fully saturated rings. The third-order valence-corrected chi connectivity index (χ3v) is 5.81. The Kier molecular flexibility index (Phi) is 5.65. The first-order valence-corrected chi connectivity index (χ1v) is 9.12. The van der Waals surface area contributed by atoms with E-state index in [1.807, 2.05) is 20.8 Å². The van der Waals surface area contributed by atoms with Crippen LogP contribution in [0.2, 0.25) is 0 Å². The van der Waals surface area contributed by atoms with Crippen LogP contribution in [0, 0.1) is 0 Å². The van der Waals surface area contributed by atoms with Gasteiger partial charge in [-0.3, -0.25) is 0 Å². The van der Waals surface area contributed by atoms with E-state index in [1.165, 1.54) is 5.57 Å². The molecule has 0 aromatic carbocycles. The first kappa shape index (κ1) is 19.6. The molecule has 2 bridgehead atoms. The van der Waals surface area contributed by atoms with Crippen LogP contribution in [0.4, 0.5) is 0 Å². The monoisotopic (exact) mass is 338 g/mol. The van der Waals surface area contributed by atoms with Gasteiger partial charge in [0.25, 0.3) is 0 Å². The Bertz CT molecular complexity index is 518. The minimum atomic E-state index is -1.16. The van der Waals surface area contributed by atoms with Crippen molar-refractivity contribution in [1.29, 1.82) is 0 Å². The Balaban J connectivity index is 2.37. The molecule has 4 heteroatoms. The van der Waals surface area contributed by atoms with E-state index in [0.717, 1.165) is 18.4 Å². The van der Waals surface area contributed by atoms with E-state index in [9.17, 15) is 15.3 Å². The summed E-state index contributed by atoms with van der Waals surface area (Å²) in [5, 5.41) is 31.8. The van der Waals surface area contributed by atoms with E-state index >= 15 is 0 Å². The lowest BCUT2D eigenvalue weighted by atomic mass is 9.78. The zero-order valence-corrected chi connectivity index (χ0v) is 15.8. The van der Waals surface area contributed by atoms with Crippen LogP contribution < -0.4 is 0 Å². The first-order chi connectivity index (χ1) is 11.0. The summed E-state index contributed by atoms with van der Waals surface area (Å²) in [5.41, 5.74) is -0.127. The van der Waals surface area contributed by atoms with E-state index in [2.05, 4.69) is 13.0 Å². The van der Waals surface area contributed by atoms with Crippen molar-refractivity contribution in [2.45, 2.75) is 102 Å². The van der Waals surface area contributed by atoms with E-state index in [4.69, 9.17) is 4.74 Å². The summed E-state index contributed by atoms with van der Waals surface area (Å²) >= 11 is 0. The summed E-state index contributed by atoms with van der Waals surface area (Å²) in [6, 6.07) is 0. The van der Waals surface area contributed by atoms with Crippen LogP contribution in [0.25, 0.3) is 0 Å². The standard InChI is InChI=1S/C20H34O4/c1-14-7-6-11-19(4,23)17(22)13-15-10-12-20(5,16(21)9-8-14)24-18(15,2)3/h7,13,16-17,21-23H,6,8-12H2,1-5H3/b14-7+,15-13+/t16-,17-,19-,20-/m1/s1. The number of aliphatic hydroxyl groups excluding tert-OH is 2. The van der Waals surface area contributed by atoms with Crippen molar-refractivity contribution in [3.05, 3.63) is 23.3 Å². The molecular weight excluding hydrogens is 304 g/mol. The summed E-state index contributed by atoms with van der Waals surface area (Å²) in [4.78, 5) is 0. The molecule has 4 atom stereocenters. The highest BCUT2D eigenvalue weighted by atomic mass is 16.5. The Labute approximate surface area is 146 Å². The van der Waals surface area contributed by atoms with Crippen LogP contribution in [0.1, 0.15) is 73.1 Å². The van der Waals surface area contributed by atoms with Gasteiger partial charge in [0.2, 0.25) is 0 Å². The molecule has 2 aliphatic heterocycles. The predicted octanol–water partition coefficient (Wildman–Crippen LogP) is 3.25. The lowest BCUT2D eigenvalue weighted by molar-refractivity contribution is -0.188. The van der Waals surface area contributed by atoms with Crippen LogP contribution in [0.3, 0.4) is 0 Å². The minimum absolute atomic E-state index is 0.497. The van der Waals surface area contributed by atoms with Gasteiger partial charge >= 0.3 is 0 Å². The fraction of sp³-hybridized carbons (Fsp3) is 0.800. The molecule has 138 valence electrons. The number of allylic oxidation sites excluding steroid dienone is 2. The van der Waals surface area contributed by atoms with Gasteiger partial charge < -0.3 is 20.1 Å². The fourth-order valence-electron chi connectivity index (χ4n) is 3.80. The molecule has 0 saturated carbocycles. The summed E-state index contributed by atoms with van der Waals surface area (Å²) < 4.78 is 6.30. The van der Waals surface area contributed by atoms with E-state index in [1.54, 1.807) is 13.0 Å². The zero-order chi connectivity index (χ0) is 18.2. The summed E-state index contributed by atoms with van der Waals surface area (Å²) in [6.45, 7) is 9.67. The summed E-state index contributed by atoms with van der Waals surface area (Å²) in [5.74, 6) is 0. The molecule has 0 aromatic heterocycles. The molecular formula is C20H34O4. The van der Waals surface area contributed by atoms with Gasteiger partial charge in [-0.1, -0.05) is 17.7 Å². The van der Waals surface area contributed by atoms with E-state index in [0.29, 0.717) is 25.7 Å². The second-order valence-corrected chi connectivity index (χ2v) is 8.56. The second kappa shape index (κ2) is 6.91. The van der Waals surface area contributed by atoms with Crippen molar-refractivity contribution in [1.82, 2.24) is 0 Å². The molecule has 0 radical (unpaired) electrons. The highest BCUT2D eigenvalue weighted by molar-refractivity contribution is 5.22. The quantitative estimate of drug-likeness (QED) is 0.593. The van der Waals surface area contributed by atoms with Crippen molar-refractivity contribution in [3.8, 4) is 0 Å². The molecule has 0 spiro atoms. The van der Waals surface area contributed by atoms with Gasteiger partial charge in [0.05, 0.1) is 22.9 Å². The molecule has 3 aliphatic rings. The maximum absolute atomic E-state index is 10.7. The average molecular weight is 338 g/mol. The van der Waals surface area contributed by atoms with Gasteiger partial charge in [0, 0.05) is 0 Å². The number of fused-ring (bicyclic) bond motifs is 10. The lowest BCUT2D eigenvalue weighted by Gasteiger charge is -2.48. The topological polar surface area (TPSA) is 69.9 Å².